The summed E-state index contributed by atoms with van der Waals surface area (Å²) in [5.74, 6) is 0.603. The number of thiazole rings is 1. The van der Waals surface area contributed by atoms with E-state index in [2.05, 4.69) is 0 Å². The zero-order valence-electron chi connectivity index (χ0n) is 24.2. The summed E-state index contributed by atoms with van der Waals surface area (Å²) in [4.78, 5) is 32.7. The fourth-order valence-electron chi connectivity index (χ4n) is 4.95. The van der Waals surface area contributed by atoms with Crippen LogP contribution >= 0.6 is 46.1 Å². The summed E-state index contributed by atoms with van der Waals surface area (Å²) in [6.07, 6.45) is 3.07. The summed E-state index contributed by atoms with van der Waals surface area (Å²) in [5, 5.41) is 1.54. The molecule has 5 rings (SSSR count). The standard InChI is InChI=1S/C33H29Cl3N2O5S/c1-4-6-26-29(32(40)42-5-2)30(24-16-21(34)11-14-27(24)41-3)38-31(39)28(44-33(38)37-26)15-19-7-12-23(13-8-19)43-18-20-9-10-22(35)17-25(20)36/h7-17,30H,4-6,18H2,1-3H3/b28-15+/t30-/m0/s1. The molecule has 0 amide bonds. The minimum Gasteiger partial charge on any atom is -0.496 e. The highest BCUT2D eigenvalue weighted by Gasteiger charge is 2.36. The van der Waals surface area contributed by atoms with Crippen LogP contribution in [0.2, 0.25) is 15.1 Å². The van der Waals surface area contributed by atoms with E-state index in [1.807, 2.05) is 37.3 Å². The number of benzene rings is 3. The Labute approximate surface area is 273 Å². The van der Waals surface area contributed by atoms with Gasteiger partial charge in [-0.15, -0.1) is 0 Å². The van der Waals surface area contributed by atoms with E-state index >= 15 is 0 Å². The van der Waals surface area contributed by atoms with Crippen molar-refractivity contribution in [1.82, 2.24) is 4.57 Å². The lowest BCUT2D eigenvalue weighted by Gasteiger charge is -2.27. The van der Waals surface area contributed by atoms with Crippen molar-refractivity contribution >= 4 is 58.2 Å². The SMILES string of the molecule is CCCC1=C(C(=O)OCC)[C@H](c2cc(Cl)ccc2OC)n2c(s/c(=C/c3ccc(OCc4ccc(Cl)cc4Cl)cc3)c2=O)=N1. The molecule has 1 aliphatic heterocycles. The number of hydrogen-bond donors (Lipinski definition) is 0. The molecule has 0 N–H and O–H groups in total. The van der Waals surface area contributed by atoms with Crippen LogP contribution in [0.1, 0.15) is 49.4 Å². The van der Waals surface area contributed by atoms with Crippen molar-refractivity contribution < 1.29 is 19.0 Å². The number of aromatic nitrogens is 1. The molecule has 0 spiro atoms. The van der Waals surface area contributed by atoms with Gasteiger partial charge >= 0.3 is 5.97 Å². The van der Waals surface area contributed by atoms with Crippen molar-refractivity contribution in [2.45, 2.75) is 39.3 Å². The molecule has 2 heterocycles. The Kier molecular flexibility index (Phi) is 10.2. The number of nitrogens with zero attached hydrogens (tertiary/aromatic N) is 2. The van der Waals surface area contributed by atoms with Gasteiger partial charge in [-0.3, -0.25) is 9.36 Å². The largest absolute Gasteiger partial charge is 0.496 e. The molecule has 7 nitrogen and oxygen atoms in total. The fraction of sp³-hybridized carbons (Fsp3) is 0.242. The predicted molar refractivity (Wildman–Crippen MR) is 175 cm³/mol. The maximum atomic E-state index is 14.0. The minimum atomic E-state index is -0.835. The van der Waals surface area contributed by atoms with Gasteiger partial charge in [-0.1, -0.05) is 77.7 Å². The molecule has 0 fully saturated rings. The van der Waals surface area contributed by atoms with Crippen molar-refractivity contribution in [3.05, 3.63) is 123 Å². The number of carbonyl (C=O) groups is 1. The van der Waals surface area contributed by atoms with Gasteiger partial charge in [0.1, 0.15) is 24.1 Å². The smallest absolute Gasteiger partial charge is 0.338 e. The third kappa shape index (κ3) is 6.74. The third-order valence-corrected chi connectivity index (χ3v) is 8.77. The first kappa shape index (κ1) is 31.9. The van der Waals surface area contributed by atoms with Crippen molar-refractivity contribution in [2.75, 3.05) is 13.7 Å². The first-order valence-corrected chi connectivity index (χ1v) is 15.9. The number of ether oxygens (including phenoxy) is 3. The second-order valence-corrected chi connectivity index (χ2v) is 12.2. The molecule has 4 aromatic rings. The van der Waals surface area contributed by atoms with Crippen LogP contribution in [-0.2, 0) is 16.1 Å². The molecule has 0 saturated heterocycles. The summed E-state index contributed by atoms with van der Waals surface area (Å²) in [6, 6.07) is 16.9. The zero-order chi connectivity index (χ0) is 31.4. The topological polar surface area (TPSA) is 79.1 Å². The summed E-state index contributed by atoms with van der Waals surface area (Å²) in [6.45, 7) is 4.21. The van der Waals surface area contributed by atoms with Crippen LogP contribution in [-0.4, -0.2) is 24.3 Å². The average molecular weight is 672 g/mol. The molecule has 0 radical (unpaired) electrons. The maximum Gasteiger partial charge on any atom is 0.338 e. The molecular weight excluding hydrogens is 643 g/mol. The maximum absolute atomic E-state index is 14.0. The van der Waals surface area contributed by atoms with Crippen molar-refractivity contribution in [2.24, 2.45) is 4.99 Å². The van der Waals surface area contributed by atoms with Crippen LogP contribution in [0, 0.1) is 0 Å². The van der Waals surface area contributed by atoms with Gasteiger partial charge in [0.2, 0.25) is 0 Å². The van der Waals surface area contributed by atoms with Crippen molar-refractivity contribution in [1.29, 1.82) is 0 Å². The summed E-state index contributed by atoms with van der Waals surface area (Å²) in [7, 11) is 1.54. The lowest BCUT2D eigenvalue weighted by Crippen LogP contribution is -2.40. The average Bonchev–Trinajstić information content (AvgIpc) is 3.31. The Morgan fingerprint density at radius 2 is 1.75 bits per heavy atom. The van der Waals surface area contributed by atoms with E-state index in [4.69, 9.17) is 54.0 Å². The van der Waals surface area contributed by atoms with Crippen LogP contribution in [0.25, 0.3) is 6.08 Å². The summed E-state index contributed by atoms with van der Waals surface area (Å²) >= 11 is 19.9. The van der Waals surface area contributed by atoms with E-state index in [0.29, 0.717) is 59.2 Å². The van der Waals surface area contributed by atoms with Crippen LogP contribution < -0.4 is 24.4 Å². The molecule has 44 heavy (non-hydrogen) atoms. The molecule has 0 saturated carbocycles. The van der Waals surface area contributed by atoms with E-state index in [1.54, 1.807) is 43.3 Å². The van der Waals surface area contributed by atoms with E-state index in [0.717, 1.165) is 17.5 Å². The zero-order valence-corrected chi connectivity index (χ0v) is 27.3. The van der Waals surface area contributed by atoms with E-state index in [9.17, 15) is 9.59 Å². The molecule has 228 valence electrons. The number of allylic oxidation sites excluding steroid dienone is 1. The number of esters is 1. The molecule has 1 atom stereocenters. The van der Waals surface area contributed by atoms with E-state index < -0.39 is 12.0 Å². The number of halogens is 3. The van der Waals surface area contributed by atoms with Gasteiger partial charge in [-0.25, -0.2) is 9.79 Å². The number of carbonyl (C=O) groups excluding carboxylic acids is 1. The van der Waals surface area contributed by atoms with E-state index in [-0.39, 0.29) is 18.8 Å². The first-order chi connectivity index (χ1) is 21.2. The monoisotopic (exact) mass is 670 g/mol. The number of fused-ring (bicyclic) bond motifs is 1. The number of methoxy groups -OCH3 is 1. The van der Waals surface area contributed by atoms with Crippen LogP contribution in [0.5, 0.6) is 11.5 Å². The molecule has 3 aromatic carbocycles. The van der Waals surface area contributed by atoms with Crippen LogP contribution in [0.4, 0.5) is 0 Å². The summed E-state index contributed by atoms with van der Waals surface area (Å²) in [5.41, 5.74) is 2.76. The van der Waals surface area contributed by atoms with Gasteiger partial charge < -0.3 is 14.2 Å². The fourth-order valence-corrected chi connectivity index (χ4v) is 6.61. The van der Waals surface area contributed by atoms with Crippen molar-refractivity contribution in [3.63, 3.8) is 0 Å². The number of hydrogen-bond acceptors (Lipinski definition) is 7. The first-order valence-electron chi connectivity index (χ1n) is 14.0. The second kappa shape index (κ2) is 14.0. The predicted octanol–water partition coefficient (Wildman–Crippen LogP) is 7.13. The van der Waals surface area contributed by atoms with Gasteiger partial charge in [0.05, 0.1) is 29.5 Å². The van der Waals surface area contributed by atoms with Gasteiger partial charge in [0.15, 0.2) is 4.80 Å². The molecule has 0 unspecified atom stereocenters. The molecule has 0 aliphatic carbocycles. The lowest BCUT2D eigenvalue weighted by atomic mass is 9.93. The van der Waals surface area contributed by atoms with Gasteiger partial charge in [-0.2, -0.15) is 0 Å². The van der Waals surface area contributed by atoms with E-state index in [1.165, 1.54) is 23.0 Å². The third-order valence-electron chi connectivity index (χ3n) is 6.97. The molecule has 0 bridgehead atoms. The Balaban J connectivity index is 1.56. The van der Waals surface area contributed by atoms with Crippen LogP contribution in [0.3, 0.4) is 0 Å². The highest BCUT2D eigenvalue weighted by molar-refractivity contribution is 7.07. The molecular formula is C33H29Cl3N2O5S. The Morgan fingerprint density at radius 3 is 2.43 bits per heavy atom. The van der Waals surface area contributed by atoms with Crippen LogP contribution in [0.15, 0.2) is 81.7 Å². The molecule has 11 heteroatoms. The lowest BCUT2D eigenvalue weighted by molar-refractivity contribution is -0.139. The summed E-state index contributed by atoms with van der Waals surface area (Å²) < 4.78 is 19.0. The highest BCUT2D eigenvalue weighted by atomic mass is 35.5. The van der Waals surface area contributed by atoms with Crippen molar-refractivity contribution in [3.8, 4) is 11.5 Å². The Bertz CT molecular complexity index is 1910. The Morgan fingerprint density at radius 1 is 1.02 bits per heavy atom. The quantitative estimate of drug-likeness (QED) is 0.168. The normalized spacial score (nSPS) is 14.7. The molecule has 1 aliphatic rings. The van der Waals surface area contributed by atoms with Gasteiger partial charge in [0, 0.05) is 26.2 Å². The highest BCUT2D eigenvalue weighted by Crippen LogP contribution is 2.38. The Hall–Kier alpha value is -3.56. The van der Waals surface area contributed by atoms with Gasteiger partial charge in [-0.05, 0) is 67.4 Å². The minimum absolute atomic E-state index is 0.179. The number of rotatable bonds is 10. The van der Waals surface area contributed by atoms with Gasteiger partial charge in [0.25, 0.3) is 5.56 Å². The second-order valence-electron chi connectivity index (χ2n) is 9.89. The molecule has 1 aromatic heterocycles.